The van der Waals surface area contributed by atoms with Crippen molar-refractivity contribution in [2.24, 2.45) is 11.8 Å². The average molecular weight is 353 g/mol. The molecule has 2 fully saturated rings. The van der Waals surface area contributed by atoms with E-state index in [0.29, 0.717) is 18.3 Å². The van der Waals surface area contributed by atoms with E-state index in [4.69, 9.17) is 4.74 Å². The molecule has 0 saturated carbocycles. The topological polar surface area (TPSA) is 50.4 Å². The van der Waals surface area contributed by atoms with Gasteiger partial charge in [-0.1, -0.05) is 30.3 Å². The largest absolute Gasteiger partial charge is 0.373 e. The number of carbonyl (C=O) groups excluding carboxylic acids is 1. The number of amides is 1. The Morgan fingerprint density at radius 3 is 2.83 bits per heavy atom. The number of nitrogens with one attached hydrogen (secondary N) is 2. The molecule has 4 nitrogen and oxygen atoms in total. The molecule has 5 heteroatoms. The maximum Gasteiger partial charge on any atom is 0.220 e. The number of hydrogen-bond acceptors (Lipinski definition) is 3. The third-order valence-electron chi connectivity index (χ3n) is 5.08. The Morgan fingerprint density at radius 1 is 1.25 bits per heavy atom. The van der Waals surface area contributed by atoms with Crippen LogP contribution < -0.4 is 10.6 Å². The number of benzene rings is 1. The van der Waals surface area contributed by atoms with Crippen molar-refractivity contribution in [2.75, 3.05) is 26.2 Å². The molecular formula is C19H29ClN2O2. The van der Waals surface area contributed by atoms with Gasteiger partial charge in [-0.2, -0.15) is 0 Å². The van der Waals surface area contributed by atoms with Crippen LogP contribution in [-0.4, -0.2) is 32.1 Å². The van der Waals surface area contributed by atoms with Crippen molar-refractivity contribution in [3.63, 3.8) is 0 Å². The minimum atomic E-state index is 0. The molecule has 1 amide bonds. The van der Waals surface area contributed by atoms with Crippen LogP contribution in [0.5, 0.6) is 0 Å². The first kappa shape index (κ1) is 19.2. The van der Waals surface area contributed by atoms with Crippen LogP contribution >= 0.6 is 12.4 Å². The highest BCUT2D eigenvalue weighted by molar-refractivity contribution is 5.85. The summed E-state index contributed by atoms with van der Waals surface area (Å²) in [6.45, 7) is 3.71. The molecule has 3 unspecified atom stereocenters. The number of ether oxygens (including phenoxy) is 1. The Labute approximate surface area is 151 Å². The minimum absolute atomic E-state index is 0. The fourth-order valence-corrected chi connectivity index (χ4v) is 3.69. The second-order valence-electron chi connectivity index (χ2n) is 6.81. The summed E-state index contributed by atoms with van der Waals surface area (Å²) in [6, 6.07) is 10.4. The van der Waals surface area contributed by atoms with Crippen molar-refractivity contribution in [1.29, 1.82) is 0 Å². The van der Waals surface area contributed by atoms with Crippen LogP contribution in [0.2, 0.25) is 0 Å². The SMILES string of the molecule is Cl.O=C(CCC1CCNC1)NCC1CCCOC1c1ccccc1. The van der Waals surface area contributed by atoms with E-state index in [1.54, 1.807) is 0 Å². The summed E-state index contributed by atoms with van der Waals surface area (Å²) in [5.74, 6) is 1.24. The van der Waals surface area contributed by atoms with Crippen LogP contribution in [0.3, 0.4) is 0 Å². The van der Waals surface area contributed by atoms with E-state index in [2.05, 4.69) is 34.9 Å². The summed E-state index contributed by atoms with van der Waals surface area (Å²) in [7, 11) is 0. The predicted molar refractivity (Wildman–Crippen MR) is 98.3 cm³/mol. The van der Waals surface area contributed by atoms with Gasteiger partial charge in [0.15, 0.2) is 0 Å². The third-order valence-corrected chi connectivity index (χ3v) is 5.08. The van der Waals surface area contributed by atoms with Crippen LogP contribution in [0.15, 0.2) is 30.3 Å². The summed E-state index contributed by atoms with van der Waals surface area (Å²) in [6.07, 6.45) is 5.17. The number of rotatable bonds is 6. The van der Waals surface area contributed by atoms with Gasteiger partial charge < -0.3 is 15.4 Å². The van der Waals surface area contributed by atoms with E-state index < -0.39 is 0 Å². The molecule has 0 bridgehead atoms. The second-order valence-corrected chi connectivity index (χ2v) is 6.81. The molecule has 2 saturated heterocycles. The Hall–Kier alpha value is -1.10. The molecule has 2 aliphatic rings. The number of carbonyl (C=O) groups is 1. The van der Waals surface area contributed by atoms with Crippen molar-refractivity contribution in [2.45, 2.75) is 38.2 Å². The van der Waals surface area contributed by atoms with Gasteiger partial charge in [0, 0.05) is 25.5 Å². The number of halogens is 1. The molecule has 134 valence electrons. The lowest BCUT2D eigenvalue weighted by Crippen LogP contribution is -2.35. The molecule has 0 aromatic heterocycles. The van der Waals surface area contributed by atoms with E-state index in [1.807, 2.05) is 6.07 Å². The highest BCUT2D eigenvalue weighted by Gasteiger charge is 2.27. The quantitative estimate of drug-likeness (QED) is 0.827. The predicted octanol–water partition coefficient (Wildman–Crippen LogP) is 3.08. The summed E-state index contributed by atoms with van der Waals surface area (Å²) < 4.78 is 5.99. The molecule has 0 aliphatic carbocycles. The van der Waals surface area contributed by atoms with Gasteiger partial charge >= 0.3 is 0 Å². The molecule has 0 radical (unpaired) electrons. The molecule has 2 heterocycles. The Balaban J connectivity index is 0.00000208. The van der Waals surface area contributed by atoms with Gasteiger partial charge in [0.2, 0.25) is 5.91 Å². The zero-order chi connectivity index (χ0) is 15.9. The first-order chi connectivity index (χ1) is 11.3. The zero-order valence-corrected chi connectivity index (χ0v) is 15.0. The summed E-state index contributed by atoms with van der Waals surface area (Å²) in [5.41, 5.74) is 1.23. The fourth-order valence-electron chi connectivity index (χ4n) is 3.69. The summed E-state index contributed by atoms with van der Waals surface area (Å²) >= 11 is 0. The van der Waals surface area contributed by atoms with E-state index in [0.717, 1.165) is 45.5 Å². The maximum absolute atomic E-state index is 12.1. The average Bonchev–Trinajstić information content (AvgIpc) is 3.13. The van der Waals surface area contributed by atoms with Crippen LogP contribution in [-0.2, 0) is 9.53 Å². The Bertz CT molecular complexity index is 491. The molecular weight excluding hydrogens is 324 g/mol. The van der Waals surface area contributed by atoms with E-state index in [9.17, 15) is 4.79 Å². The van der Waals surface area contributed by atoms with E-state index in [-0.39, 0.29) is 24.4 Å². The van der Waals surface area contributed by atoms with Crippen molar-refractivity contribution in [1.82, 2.24) is 10.6 Å². The normalized spacial score (nSPS) is 26.6. The van der Waals surface area contributed by atoms with E-state index in [1.165, 1.54) is 12.0 Å². The van der Waals surface area contributed by atoms with Gasteiger partial charge in [0.05, 0.1) is 6.10 Å². The van der Waals surface area contributed by atoms with Gasteiger partial charge in [0.1, 0.15) is 0 Å². The van der Waals surface area contributed by atoms with Crippen LogP contribution in [0.25, 0.3) is 0 Å². The van der Waals surface area contributed by atoms with Crippen molar-refractivity contribution in [3.8, 4) is 0 Å². The molecule has 2 aliphatic heterocycles. The standard InChI is InChI=1S/C19H28N2O2.ClH/c22-18(9-8-15-10-11-20-13-15)21-14-17-7-4-12-23-19(17)16-5-2-1-3-6-16;/h1-3,5-6,15,17,19-20H,4,7-14H2,(H,21,22);1H. The zero-order valence-electron chi connectivity index (χ0n) is 14.2. The first-order valence-corrected chi connectivity index (χ1v) is 8.97. The molecule has 2 N–H and O–H groups in total. The molecule has 1 aromatic carbocycles. The lowest BCUT2D eigenvalue weighted by Gasteiger charge is -2.32. The third kappa shape index (κ3) is 5.47. The van der Waals surface area contributed by atoms with Crippen molar-refractivity contribution >= 4 is 18.3 Å². The molecule has 3 rings (SSSR count). The van der Waals surface area contributed by atoms with Crippen molar-refractivity contribution < 1.29 is 9.53 Å². The van der Waals surface area contributed by atoms with Gasteiger partial charge in [-0.15, -0.1) is 12.4 Å². The van der Waals surface area contributed by atoms with Gasteiger partial charge in [-0.25, -0.2) is 0 Å². The first-order valence-electron chi connectivity index (χ1n) is 8.97. The summed E-state index contributed by atoms with van der Waals surface area (Å²) in [4.78, 5) is 12.1. The van der Waals surface area contributed by atoms with Gasteiger partial charge in [-0.05, 0) is 50.3 Å². The van der Waals surface area contributed by atoms with Crippen LogP contribution in [0.1, 0.15) is 43.8 Å². The minimum Gasteiger partial charge on any atom is -0.373 e. The maximum atomic E-state index is 12.1. The Kier molecular flexibility index (Phi) is 8.03. The Morgan fingerprint density at radius 2 is 2.08 bits per heavy atom. The van der Waals surface area contributed by atoms with Crippen LogP contribution in [0.4, 0.5) is 0 Å². The number of hydrogen-bond donors (Lipinski definition) is 2. The lowest BCUT2D eigenvalue weighted by atomic mass is 9.89. The molecule has 1 aromatic rings. The summed E-state index contributed by atoms with van der Waals surface area (Å²) in [5, 5.41) is 6.49. The van der Waals surface area contributed by atoms with Crippen LogP contribution in [0, 0.1) is 11.8 Å². The smallest absolute Gasteiger partial charge is 0.220 e. The van der Waals surface area contributed by atoms with Gasteiger partial charge in [0.25, 0.3) is 0 Å². The molecule has 0 spiro atoms. The molecule has 3 atom stereocenters. The highest BCUT2D eigenvalue weighted by Crippen LogP contribution is 2.33. The second kappa shape index (κ2) is 10.0. The lowest BCUT2D eigenvalue weighted by molar-refractivity contribution is -0.122. The monoisotopic (exact) mass is 352 g/mol. The molecule has 24 heavy (non-hydrogen) atoms. The van der Waals surface area contributed by atoms with Gasteiger partial charge in [-0.3, -0.25) is 4.79 Å². The van der Waals surface area contributed by atoms with E-state index >= 15 is 0 Å². The van der Waals surface area contributed by atoms with Crippen molar-refractivity contribution in [3.05, 3.63) is 35.9 Å². The fraction of sp³-hybridized carbons (Fsp3) is 0.632. The highest BCUT2D eigenvalue weighted by atomic mass is 35.5.